The first-order valence-corrected chi connectivity index (χ1v) is 7.83. The van der Waals surface area contributed by atoms with Crippen molar-refractivity contribution in [3.63, 3.8) is 0 Å². The average Bonchev–Trinajstić information content (AvgIpc) is 2.45. The molecule has 0 aromatic carbocycles. The van der Waals surface area contributed by atoms with Crippen molar-refractivity contribution >= 4 is 12.0 Å². The fraction of sp³-hybridized carbons (Fsp3) is 0.867. The molecule has 1 fully saturated rings. The third-order valence-corrected chi connectivity index (χ3v) is 4.28. The highest BCUT2D eigenvalue weighted by Crippen LogP contribution is 2.29. The van der Waals surface area contributed by atoms with Crippen LogP contribution in [0.1, 0.15) is 58.8 Å². The maximum atomic E-state index is 11.7. The molecule has 0 aromatic rings. The Kier molecular flexibility index (Phi) is 7.41. The number of amides is 2. The molecule has 1 unspecified atom stereocenters. The molecule has 5 heteroatoms. The SMILES string of the molecule is CCCC(NC(=O)NCC1CCC(CC)CC1)C(=O)O. The van der Waals surface area contributed by atoms with E-state index >= 15 is 0 Å². The van der Waals surface area contributed by atoms with E-state index < -0.39 is 12.0 Å². The van der Waals surface area contributed by atoms with E-state index in [4.69, 9.17) is 5.11 Å². The first-order valence-electron chi connectivity index (χ1n) is 7.83. The van der Waals surface area contributed by atoms with Gasteiger partial charge in [-0.2, -0.15) is 0 Å². The van der Waals surface area contributed by atoms with Gasteiger partial charge in [-0.05, 0) is 31.1 Å². The lowest BCUT2D eigenvalue weighted by atomic mass is 9.81. The molecule has 1 aliphatic rings. The summed E-state index contributed by atoms with van der Waals surface area (Å²) in [6, 6.07) is -1.14. The molecule has 116 valence electrons. The number of hydrogen-bond acceptors (Lipinski definition) is 2. The van der Waals surface area contributed by atoms with Crippen molar-refractivity contribution in [2.45, 2.75) is 64.8 Å². The summed E-state index contributed by atoms with van der Waals surface area (Å²) in [6.07, 6.45) is 7.27. The summed E-state index contributed by atoms with van der Waals surface area (Å²) < 4.78 is 0. The zero-order chi connectivity index (χ0) is 15.0. The van der Waals surface area contributed by atoms with Gasteiger partial charge in [-0.1, -0.05) is 39.5 Å². The number of urea groups is 1. The van der Waals surface area contributed by atoms with Crippen molar-refractivity contribution in [3.05, 3.63) is 0 Å². The van der Waals surface area contributed by atoms with Gasteiger partial charge in [-0.25, -0.2) is 9.59 Å². The van der Waals surface area contributed by atoms with Gasteiger partial charge in [0.2, 0.25) is 0 Å². The third-order valence-electron chi connectivity index (χ3n) is 4.28. The molecule has 0 saturated heterocycles. The Bertz CT molecular complexity index is 312. The molecule has 0 radical (unpaired) electrons. The van der Waals surface area contributed by atoms with Gasteiger partial charge in [-0.3, -0.25) is 0 Å². The number of carbonyl (C=O) groups is 2. The molecule has 5 nitrogen and oxygen atoms in total. The van der Waals surface area contributed by atoms with Gasteiger partial charge in [0.1, 0.15) is 6.04 Å². The number of carboxylic acids is 1. The summed E-state index contributed by atoms with van der Waals surface area (Å²) in [7, 11) is 0. The van der Waals surface area contributed by atoms with Crippen molar-refractivity contribution in [2.24, 2.45) is 11.8 Å². The number of aliphatic carboxylic acids is 1. The summed E-state index contributed by atoms with van der Waals surface area (Å²) in [6.45, 7) is 4.79. The van der Waals surface area contributed by atoms with Crippen LogP contribution in [0.5, 0.6) is 0 Å². The average molecular weight is 284 g/mol. The fourth-order valence-electron chi connectivity index (χ4n) is 2.84. The van der Waals surface area contributed by atoms with Gasteiger partial charge in [0.25, 0.3) is 0 Å². The molecule has 1 saturated carbocycles. The highest BCUT2D eigenvalue weighted by Gasteiger charge is 2.22. The minimum atomic E-state index is -0.967. The van der Waals surface area contributed by atoms with E-state index in [2.05, 4.69) is 17.6 Å². The van der Waals surface area contributed by atoms with Crippen LogP contribution in [0.3, 0.4) is 0 Å². The Morgan fingerprint density at radius 3 is 2.25 bits per heavy atom. The molecule has 0 spiro atoms. The fourth-order valence-corrected chi connectivity index (χ4v) is 2.84. The number of carbonyl (C=O) groups excluding carboxylic acids is 1. The van der Waals surface area contributed by atoms with Crippen LogP contribution < -0.4 is 10.6 Å². The summed E-state index contributed by atoms with van der Waals surface area (Å²) in [5.41, 5.74) is 0. The third kappa shape index (κ3) is 5.80. The largest absolute Gasteiger partial charge is 0.480 e. The van der Waals surface area contributed by atoms with Gasteiger partial charge in [0, 0.05) is 6.54 Å². The second-order valence-corrected chi connectivity index (χ2v) is 5.83. The van der Waals surface area contributed by atoms with Crippen molar-refractivity contribution in [2.75, 3.05) is 6.54 Å². The maximum absolute atomic E-state index is 11.7. The van der Waals surface area contributed by atoms with Crippen LogP contribution in [0, 0.1) is 11.8 Å². The number of hydrogen-bond donors (Lipinski definition) is 3. The normalized spacial score (nSPS) is 23.9. The second-order valence-electron chi connectivity index (χ2n) is 5.83. The Morgan fingerprint density at radius 2 is 1.75 bits per heavy atom. The van der Waals surface area contributed by atoms with E-state index in [0.717, 1.165) is 25.2 Å². The molecule has 0 aliphatic heterocycles. The number of rotatable bonds is 7. The monoisotopic (exact) mass is 284 g/mol. The Balaban J connectivity index is 2.24. The van der Waals surface area contributed by atoms with E-state index in [1.807, 2.05) is 6.92 Å². The van der Waals surface area contributed by atoms with Gasteiger partial charge in [0.15, 0.2) is 0 Å². The topological polar surface area (TPSA) is 78.4 Å². The van der Waals surface area contributed by atoms with Gasteiger partial charge >= 0.3 is 12.0 Å². The van der Waals surface area contributed by atoms with E-state index in [1.165, 1.54) is 19.3 Å². The molecule has 1 rings (SSSR count). The molecule has 3 N–H and O–H groups in total. The van der Waals surface area contributed by atoms with Gasteiger partial charge in [-0.15, -0.1) is 0 Å². The van der Waals surface area contributed by atoms with E-state index in [-0.39, 0.29) is 6.03 Å². The van der Waals surface area contributed by atoms with E-state index in [0.29, 0.717) is 18.9 Å². The van der Waals surface area contributed by atoms with E-state index in [9.17, 15) is 9.59 Å². The lowest BCUT2D eigenvalue weighted by Crippen LogP contribution is -2.47. The Hall–Kier alpha value is -1.26. The molecular formula is C15H28N2O3. The predicted octanol–water partition coefficient (Wildman–Crippen LogP) is 2.76. The smallest absolute Gasteiger partial charge is 0.326 e. The molecule has 1 aliphatic carbocycles. The lowest BCUT2D eigenvalue weighted by molar-refractivity contribution is -0.139. The zero-order valence-corrected chi connectivity index (χ0v) is 12.7. The van der Waals surface area contributed by atoms with Gasteiger partial charge < -0.3 is 15.7 Å². The van der Waals surface area contributed by atoms with Crippen LogP contribution in [-0.2, 0) is 4.79 Å². The molecule has 0 bridgehead atoms. The first-order chi connectivity index (χ1) is 9.56. The van der Waals surface area contributed by atoms with Crippen molar-refractivity contribution in [3.8, 4) is 0 Å². The highest BCUT2D eigenvalue weighted by atomic mass is 16.4. The molecule has 0 heterocycles. The number of nitrogens with one attached hydrogen (secondary N) is 2. The standard InChI is InChI=1S/C15H28N2O3/c1-3-5-13(14(18)19)17-15(20)16-10-12-8-6-11(4-2)7-9-12/h11-13H,3-10H2,1-2H3,(H,18,19)(H2,16,17,20). The molecule has 2 amide bonds. The summed E-state index contributed by atoms with van der Waals surface area (Å²) in [5.74, 6) is 0.421. The zero-order valence-electron chi connectivity index (χ0n) is 12.7. The highest BCUT2D eigenvalue weighted by molar-refractivity contribution is 5.82. The minimum Gasteiger partial charge on any atom is -0.480 e. The minimum absolute atomic E-state index is 0.358. The summed E-state index contributed by atoms with van der Waals surface area (Å²) in [5, 5.41) is 14.3. The quantitative estimate of drug-likeness (QED) is 0.672. The molecule has 0 aromatic heterocycles. The number of carboxylic acid groups (broad SMARTS) is 1. The van der Waals surface area contributed by atoms with Crippen molar-refractivity contribution in [1.82, 2.24) is 10.6 Å². The Labute approximate surface area is 121 Å². The van der Waals surface area contributed by atoms with Crippen LogP contribution in [0.4, 0.5) is 4.79 Å². The molecular weight excluding hydrogens is 256 g/mol. The van der Waals surface area contributed by atoms with Gasteiger partial charge in [0.05, 0.1) is 0 Å². The van der Waals surface area contributed by atoms with E-state index in [1.54, 1.807) is 0 Å². The van der Waals surface area contributed by atoms with Crippen LogP contribution in [0.25, 0.3) is 0 Å². The summed E-state index contributed by atoms with van der Waals surface area (Å²) in [4.78, 5) is 22.7. The lowest BCUT2D eigenvalue weighted by Gasteiger charge is -2.28. The van der Waals surface area contributed by atoms with Crippen LogP contribution in [-0.4, -0.2) is 29.7 Å². The van der Waals surface area contributed by atoms with Crippen LogP contribution >= 0.6 is 0 Å². The van der Waals surface area contributed by atoms with Crippen molar-refractivity contribution < 1.29 is 14.7 Å². The summed E-state index contributed by atoms with van der Waals surface area (Å²) >= 11 is 0. The predicted molar refractivity (Wildman–Crippen MR) is 78.6 cm³/mol. The van der Waals surface area contributed by atoms with Crippen LogP contribution in [0.15, 0.2) is 0 Å². The van der Waals surface area contributed by atoms with Crippen LogP contribution in [0.2, 0.25) is 0 Å². The molecule has 1 atom stereocenters. The second kappa shape index (κ2) is 8.82. The first kappa shape index (κ1) is 16.8. The Morgan fingerprint density at radius 1 is 1.15 bits per heavy atom. The maximum Gasteiger partial charge on any atom is 0.326 e. The van der Waals surface area contributed by atoms with Crippen molar-refractivity contribution in [1.29, 1.82) is 0 Å². The molecule has 20 heavy (non-hydrogen) atoms.